The van der Waals surface area contributed by atoms with E-state index in [-0.39, 0.29) is 12.5 Å². The Morgan fingerprint density at radius 1 is 1.37 bits per heavy atom. The molecule has 6 N–H and O–H groups in total. The number of carbonyl (C=O) groups is 2. The predicted octanol–water partition coefficient (Wildman–Crippen LogP) is -0.759. The molecule has 0 unspecified atom stereocenters. The van der Waals surface area contributed by atoms with E-state index in [4.69, 9.17) is 15.5 Å². The van der Waals surface area contributed by atoms with Gasteiger partial charge in [-0.15, -0.1) is 0 Å². The average molecular weight is 293 g/mol. The molecule has 2 amide bonds. The third-order valence-corrected chi connectivity index (χ3v) is 2.98. The van der Waals surface area contributed by atoms with E-state index >= 15 is 0 Å². The van der Waals surface area contributed by atoms with Crippen LogP contribution in [0.1, 0.15) is 20.3 Å². The maximum absolute atomic E-state index is 11.8. The molecule has 0 aromatic carbocycles. The van der Waals surface area contributed by atoms with Gasteiger partial charge in [-0.05, 0) is 12.3 Å². The molecule has 0 saturated carbocycles. The fourth-order valence-electron chi connectivity index (χ4n) is 1.26. The second-order valence-corrected chi connectivity index (χ2v) is 6.06. The van der Waals surface area contributed by atoms with Crippen molar-refractivity contribution in [2.24, 2.45) is 11.7 Å². The van der Waals surface area contributed by atoms with Crippen LogP contribution in [0.25, 0.3) is 0 Å². The normalized spacial score (nSPS) is 12.9. The maximum Gasteiger partial charge on any atom is 0.371 e. The highest BCUT2D eigenvalue weighted by molar-refractivity contribution is 7.56. The zero-order valence-corrected chi connectivity index (χ0v) is 11.8. The number of nitrogens with one attached hydrogen (secondary N) is 2. The largest absolute Gasteiger partial charge is 0.371 e. The van der Waals surface area contributed by atoms with Crippen molar-refractivity contribution in [3.8, 4) is 0 Å². The van der Waals surface area contributed by atoms with Crippen LogP contribution in [0.4, 0.5) is 0 Å². The molecule has 0 saturated heterocycles. The summed E-state index contributed by atoms with van der Waals surface area (Å²) in [5.41, 5.74) is 4.44. The van der Waals surface area contributed by atoms with Crippen molar-refractivity contribution in [2.75, 3.05) is 6.54 Å². The zero-order valence-electron chi connectivity index (χ0n) is 10.9. The third kappa shape index (κ3) is 7.07. The average Bonchev–Trinajstić information content (AvgIpc) is 2.25. The van der Waals surface area contributed by atoms with Gasteiger partial charge in [0.05, 0.1) is 6.54 Å². The minimum Gasteiger partial charge on any atom is -0.343 e. The molecule has 9 heteroatoms. The SMILES string of the molecule is C=C(NC(=O)[C@H](CC(C)C)NC(=O)CN)P(=O)(O)O. The Balaban J connectivity index is 4.76. The van der Waals surface area contributed by atoms with Gasteiger partial charge < -0.3 is 26.2 Å². The van der Waals surface area contributed by atoms with E-state index in [9.17, 15) is 14.2 Å². The van der Waals surface area contributed by atoms with Crippen molar-refractivity contribution in [3.05, 3.63) is 12.0 Å². The number of carbonyl (C=O) groups excluding carboxylic acids is 2. The molecule has 0 aromatic heterocycles. The first-order valence-corrected chi connectivity index (χ1v) is 7.24. The van der Waals surface area contributed by atoms with Crippen molar-refractivity contribution in [1.82, 2.24) is 10.6 Å². The summed E-state index contributed by atoms with van der Waals surface area (Å²) in [6.45, 7) is 6.50. The van der Waals surface area contributed by atoms with E-state index in [1.165, 1.54) is 0 Å². The van der Waals surface area contributed by atoms with Crippen LogP contribution in [0.2, 0.25) is 0 Å². The smallest absolute Gasteiger partial charge is 0.343 e. The van der Waals surface area contributed by atoms with Crippen LogP contribution < -0.4 is 16.4 Å². The van der Waals surface area contributed by atoms with E-state index in [0.717, 1.165) is 0 Å². The Kier molecular flexibility index (Phi) is 6.93. The summed E-state index contributed by atoms with van der Waals surface area (Å²) in [6.07, 6.45) is 0.312. The summed E-state index contributed by atoms with van der Waals surface area (Å²) >= 11 is 0. The zero-order chi connectivity index (χ0) is 15.2. The first-order valence-electron chi connectivity index (χ1n) is 5.63. The van der Waals surface area contributed by atoms with Crippen molar-refractivity contribution in [3.63, 3.8) is 0 Å². The van der Waals surface area contributed by atoms with Crippen molar-refractivity contribution in [2.45, 2.75) is 26.3 Å². The quantitative estimate of drug-likeness (QED) is 0.391. The highest BCUT2D eigenvalue weighted by atomic mass is 31.2. The molecular weight excluding hydrogens is 273 g/mol. The van der Waals surface area contributed by atoms with E-state index in [0.29, 0.717) is 6.42 Å². The summed E-state index contributed by atoms with van der Waals surface area (Å²) in [5.74, 6) is -1.16. The summed E-state index contributed by atoms with van der Waals surface area (Å²) < 4.78 is 10.9. The van der Waals surface area contributed by atoms with Crippen LogP contribution >= 0.6 is 7.60 Å². The molecule has 0 radical (unpaired) electrons. The standard InChI is InChI=1S/C10H20N3O5P/c1-6(2)4-8(13-9(14)5-11)10(15)12-7(3)19(16,17)18/h6,8H,3-5,11H2,1-2H3,(H,12,15)(H,13,14)(H2,16,17,18)/t8-/m0/s1. The van der Waals surface area contributed by atoms with Gasteiger partial charge in [-0.25, -0.2) is 0 Å². The Labute approximate surface area is 111 Å². The second kappa shape index (κ2) is 7.40. The number of amides is 2. The van der Waals surface area contributed by atoms with Gasteiger partial charge >= 0.3 is 7.60 Å². The Morgan fingerprint density at radius 3 is 2.26 bits per heavy atom. The monoisotopic (exact) mass is 293 g/mol. The first kappa shape index (κ1) is 17.8. The molecule has 0 aliphatic rings. The highest BCUT2D eigenvalue weighted by Gasteiger charge is 2.26. The lowest BCUT2D eigenvalue weighted by Crippen LogP contribution is -2.48. The Bertz CT molecular complexity index is 404. The lowest BCUT2D eigenvalue weighted by Gasteiger charge is -2.20. The molecule has 0 spiro atoms. The Morgan fingerprint density at radius 2 is 1.89 bits per heavy atom. The van der Waals surface area contributed by atoms with Crippen LogP contribution in [0.5, 0.6) is 0 Å². The molecule has 0 bridgehead atoms. The molecular formula is C10H20N3O5P. The number of nitrogens with two attached hydrogens (primary N) is 1. The van der Waals surface area contributed by atoms with Gasteiger partial charge in [0.1, 0.15) is 11.5 Å². The fraction of sp³-hybridized carbons (Fsp3) is 0.600. The topological polar surface area (TPSA) is 142 Å². The van der Waals surface area contributed by atoms with E-state index in [1.807, 2.05) is 19.2 Å². The third-order valence-electron chi connectivity index (χ3n) is 2.16. The molecule has 0 fully saturated rings. The molecule has 8 nitrogen and oxygen atoms in total. The molecule has 1 atom stereocenters. The van der Waals surface area contributed by atoms with Crippen LogP contribution in [0.3, 0.4) is 0 Å². The highest BCUT2D eigenvalue weighted by Crippen LogP contribution is 2.41. The molecule has 19 heavy (non-hydrogen) atoms. The number of rotatable bonds is 7. The molecule has 0 rings (SSSR count). The van der Waals surface area contributed by atoms with Crippen LogP contribution in [-0.4, -0.2) is 34.2 Å². The summed E-state index contributed by atoms with van der Waals surface area (Å²) in [4.78, 5) is 40.6. The van der Waals surface area contributed by atoms with Gasteiger partial charge in [-0.1, -0.05) is 20.4 Å². The van der Waals surface area contributed by atoms with E-state index < -0.39 is 30.9 Å². The summed E-state index contributed by atoms with van der Waals surface area (Å²) in [5, 5.41) is 4.39. The van der Waals surface area contributed by atoms with Crippen LogP contribution in [0, 0.1) is 5.92 Å². The molecule has 0 aromatic rings. The fourth-order valence-corrected chi connectivity index (χ4v) is 1.51. The van der Waals surface area contributed by atoms with Crippen molar-refractivity contribution >= 4 is 19.4 Å². The molecule has 110 valence electrons. The lowest BCUT2D eigenvalue weighted by atomic mass is 10.0. The summed E-state index contributed by atoms with van der Waals surface area (Å²) in [6, 6.07) is -0.917. The Hall–Kier alpha value is -1.21. The maximum atomic E-state index is 11.8. The number of hydrogen-bond donors (Lipinski definition) is 5. The predicted molar refractivity (Wildman–Crippen MR) is 69.8 cm³/mol. The minimum atomic E-state index is -4.59. The van der Waals surface area contributed by atoms with Gasteiger partial charge in [0.15, 0.2) is 0 Å². The van der Waals surface area contributed by atoms with Crippen molar-refractivity contribution < 1.29 is 23.9 Å². The van der Waals surface area contributed by atoms with Gasteiger partial charge in [0, 0.05) is 0 Å². The minimum absolute atomic E-state index is 0.0946. The van der Waals surface area contributed by atoms with E-state index in [2.05, 4.69) is 11.9 Å². The van der Waals surface area contributed by atoms with Gasteiger partial charge in [0.25, 0.3) is 0 Å². The first-order chi connectivity index (χ1) is 8.57. The van der Waals surface area contributed by atoms with Gasteiger partial charge in [-0.2, -0.15) is 0 Å². The van der Waals surface area contributed by atoms with Gasteiger partial charge in [-0.3, -0.25) is 14.2 Å². The van der Waals surface area contributed by atoms with Gasteiger partial charge in [0.2, 0.25) is 11.8 Å². The van der Waals surface area contributed by atoms with E-state index in [1.54, 1.807) is 0 Å². The van der Waals surface area contributed by atoms with Crippen molar-refractivity contribution in [1.29, 1.82) is 0 Å². The van der Waals surface area contributed by atoms with Crippen LogP contribution in [-0.2, 0) is 14.2 Å². The molecule has 0 aliphatic heterocycles. The molecule has 0 heterocycles. The second-order valence-electron chi connectivity index (χ2n) is 4.43. The molecule has 0 aliphatic carbocycles. The number of hydrogen-bond acceptors (Lipinski definition) is 4. The van der Waals surface area contributed by atoms with Crippen LogP contribution in [0.15, 0.2) is 12.0 Å². The summed E-state index contributed by atoms with van der Waals surface area (Å²) in [7, 11) is -4.59. The lowest BCUT2D eigenvalue weighted by molar-refractivity contribution is -0.128.